The van der Waals surface area contributed by atoms with Gasteiger partial charge in [0, 0.05) is 0 Å². The summed E-state index contributed by atoms with van der Waals surface area (Å²) in [7, 11) is 0. The monoisotopic (exact) mass is 240 g/mol. The Morgan fingerprint density at radius 1 is 0.941 bits per heavy atom. The maximum atomic E-state index is 10.2. The van der Waals surface area contributed by atoms with E-state index in [0.29, 0.717) is 5.92 Å². The van der Waals surface area contributed by atoms with Crippen LogP contribution >= 0.6 is 0 Å². The van der Waals surface area contributed by atoms with Gasteiger partial charge in [0.2, 0.25) is 0 Å². The lowest BCUT2D eigenvalue weighted by molar-refractivity contribution is 0.0588. The minimum atomic E-state index is -0.0139. The van der Waals surface area contributed by atoms with Gasteiger partial charge in [-0.25, -0.2) is 0 Å². The number of unbranched alkanes of at least 4 members (excludes halogenated alkanes) is 3. The molecule has 102 valence electrons. The highest BCUT2D eigenvalue weighted by molar-refractivity contribution is 4.78. The van der Waals surface area contributed by atoms with Crippen molar-refractivity contribution in [1.29, 1.82) is 0 Å². The molecular weight excluding hydrogens is 208 g/mol. The Morgan fingerprint density at radius 3 is 2.06 bits per heavy atom. The van der Waals surface area contributed by atoms with Gasteiger partial charge in [0.15, 0.2) is 0 Å². The lowest BCUT2D eigenvalue weighted by Crippen LogP contribution is -2.27. The summed E-state index contributed by atoms with van der Waals surface area (Å²) in [5.74, 6) is 2.35. The fourth-order valence-corrected chi connectivity index (χ4v) is 3.21. The lowest BCUT2D eigenvalue weighted by Gasteiger charge is -2.33. The van der Waals surface area contributed by atoms with Crippen molar-refractivity contribution in [2.45, 2.75) is 84.7 Å². The van der Waals surface area contributed by atoms with Crippen LogP contribution in [0, 0.1) is 17.8 Å². The van der Waals surface area contributed by atoms with Gasteiger partial charge >= 0.3 is 0 Å². The highest BCUT2D eigenvalue weighted by atomic mass is 16.3. The molecule has 0 aromatic rings. The summed E-state index contributed by atoms with van der Waals surface area (Å²) in [6.07, 6.45) is 11.4. The standard InChI is InChI=1S/C16H32O/c1-4-5-6-7-8-16(17)15-11-9-14(10-12-15)13(2)3/h13-17H,4-12H2,1-3H3. The van der Waals surface area contributed by atoms with Crippen LogP contribution in [-0.2, 0) is 0 Å². The highest BCUT2D eigenvalue weighted by Crippen LogP contribution is 2.35. The third-order valence-corrected chi connectivity index (χ3v) is 4.66. The van der Waals surface area contributed by atoms with E-state index in [4.69, 9.17) is 0 Å². The van der Waals surface area contributed by atoms with Gasteiger partial charge in [-0.05, 0) is 49.9 Å². The van der Waals surface area contributed by atoms with Crippen molar-refractivity contribution in [3.05, 3.63) is 0 Å². The molecule has 0 saturated heterocycles. The number of hydrogen-bond donors (Lipinski definition) is 1. The van der Waals surface area contributed by atoms with E-state index in [1.807, 2.05) is 0 Å². The summed E-state index contributed by atoms with van der Waals surface area (Å²) in [6.45, 7) is 6.92. The highest BCUT2D eigenvalue weighted by Gasteiger charge is 2.27. The third-order valence-electron chi connectivity index (χ3n) is 4.66. The van der Waals surface area contributed by atoms with Crippen LogP contribution in [0.25, 0.3) is 0 Å². The molecule has 1 N–H and O–H groups in total. The average Bonchev–Trinajstić information content (AvgIpc) is 2.34. The van der Waals surface area contributed by atoms with E-state index in [2.05, 4.69) is 20.8 Å². The quantitative estimate of drug-likeness (QED) is 0.635. The molecule has 1 heteroatoms. The Morgan fingerprint density at radius 2 is 1.53 bits per heavy atom. The molecule has 1 fully saturated rings. The molecule has 17 heavy (non-hydrogen) atoms. The Kier molecular flexibility index (Phi) is 7.18. The summed E-state index contributed by atoms with van der Waals surface area (Å²) < 4.78 is 0. The molecule has 1 aliphatic rings. The van der Waals surface area contributed by atoms with E-state index >= 15 is 0 Å². The van der Waals surface area contributed by atoms with Crippen LogP contribution in [0.3, 0.4) is 0 Å². The minimum Gasteiger partial charge on any atom is -0.393 e. The minimum absolute atomic E-state index is 0.0139. The molecule has 0 aliphatic heterocycles. The van der Waals surface area contributed by atoms with Crippen molar-refractivity contribution in [3.63, 3.8) is 0 Å². The van der Waals surface area contributed by atoms with Gasteiger partial charge in [-0.2, -0.15) is 0 Å². The van der Waals surface area contributed by atoms with E-state index in [9.17, 15) is 5.11 Å². The molecule has 0 radical (unpaired) electrons. The molecule has 0 heterocycles. The van der Waals surface area contributed by atoms with Crippen molar-refractivity contribution >= 4 is 0 Å². The number of aliphatic hydroxyl groups is 1. The maximum absolute atomic E-state index is 10.2. The van der Waals surface area contributed by atoms with Crippen LogP contribution in [0.1, 0.15) is 78.6 Å². The van der Waals surface area contributed by atoms with Crippen molar-refractivity contribution in [3.8, 4) is 0 Å². The summed E-state index contributed by atoms with van der Waals surface area (Å²) >= 11 is 0. The zero-order chi connectivity index (χ0) is 12.7. The third kappa shape index (κ3) is 5.42. The van der Waals surface area contributed by atoms with Crippen molar-refractivity contribution in [1.82, 2.24) is 0 Å². The predicted molar refractivity (Wildman–Crippen MR) is 75.1 cm³/mol. The van der Waals surface area contributed by atoms with E-state index in [-0.39, 0.29) is 6.10 Å². The van der Waals surface area contributed by atoms with Crippen LogP contribution in [-0.4, -0.2) is 11.2 Å². The summed E-state index contributed by atoms with van der Waals surface area (Å²) in [6, 6.07) is 0. The summed E-state index contributed by atoms with van der Waals surface area (Å²) in [4.78, 5) is 0. The summed E-state index contributed by atoms with van der Waals surface area (Å²) in [5.41, 5.74) is 0. The van der Waals surface area contributed by atoms with Crippen molar-refractivity contribution < 1.29 is 5.11 Å². The normalized spacial score (nSPS) is 27.4. The van der Waals surface area contributed by atoms with Crippen molar-refractivity contribution in [2.75, 3.05) is 0 Å². The maximum Gasteiger partial charge on any atom is 0.0568 e. The second-order valence-electron chi connectivity index (χ2n) is 6.34. The van der Waals surface area contributed by atoms with Crippen LogP contribution in [0.4, 0.5) is 0 Å². The van der Waals surface area contributed by atoms with E-state index in [0.717, 1.165) is 18.3 Å². The number of hydrogen-bond acceptors (Lipinski definition) is 1. The van der Waals surface area contributed by atoms with Crippen LogP contribution < -0.4 is 0 Å². The van der Waals surface area contributed by atoms with Gasteiger partial charge in [0.25, 0.3) is 0 Å². The Labute approximate surface area is 108 Å². The van der Waals surface area contributed by atoms with Crippen LogP contribution in [0.15, 0.2) is 0 Å². The SMILES string of the molecule is CCCCCCC(O)C1CCC(C(C)C)CC1. The first-order valence-corrected chi connectivity index (χ1v) is 7.83. The first-order valence-electron chi connectivity index (χ1n) is 7.83. The zero-order valence-electron chi connectivity index (χ0n) is 12.1. The largest absolute Gasteiger partial charge is 0.393 e. The fraction of sp³-hybridized carbons (Fsp3) is 1.00. The molecule has 0 aromatic carbocycles. The first-order chi connectivity index (χ1) is 8.15. The smallest absolute Gasteiger partial charge is 0.0568 e. The molecule has 0 bridgehead atoms. The van der Waals surface area contributed by atoms with Gasteiger partial charge in [0.05, 0.1) is 6.10 Å². The molecule has 1 unspecified atom stereocenters. The molecule has 1 saturated carbocycles. The molecule has 1 rings (SSSR count). The second-order valence-corrected chi connectivity index (χ2v) is 6.34. The lowest BCUT2D eigenvalue weighted by atomic mass is 9.74. The zero-order valence-corrected chi connectivity index (χ0v) is 12.1. The molecule has 0 amide bonds. The molecule has 1 atom stereocenters. The van der Waals surface area contributed by atoms with Crippen LogP contribution in [0.5, 0.6) is 0 Å². The van der Waals surface area contributed by atoms with Crippen LogP contribution in [0.2, 0.25) is 0 Å². The van der Waals surface area contributed by atoms with E-state index in [1.54, 1.807) is 0 Å². The van der Waals surface area contributed by atoms with E-state index < -0.39 is 0 Å². The number of aliphatic hydroxyl groups excluding tert-OH is 1. The fourth-order valence-electron chi connectivity index (χ4n) is 3.21. The molecule has 0 spiro atoms. The predicted octanol–water partition coefficient (Wildman–Crippen LogP) is 4.78. The molecule has 1 aliphatic carbocycles. The van der Waals surface area contributed by atoms with Gasteiger partial charge < -0.3 is 5.11 Å². The Bertz CT molecular complexity index is 180. The van der Waals surface area contributed by atoms with Gasteiger partial charge in [0.1, 0.15) is 0 Å². The first kappa shape index (κ1) is 15.0. The average molecular weight is 240 g/mol. The molecule has 1 nitrogen and oxygen atoms in total. The van der Waals surface area contributed by atoms with Gasteiger partial charge in [-0.15, -0.1) is 0 Å². The van der Waals surface area contributed by atoms with Gasteiger partial charge in [-0.3, -0.25) is 0 Å². The van der Waals surface area contributed by atoms with E-state index in [1.165, 1.54) is 51.4 Å². The molecule has 0 aromatic heterocycles. The topological polar surface area (TPSA) is 20.2 Å². The summed E-state index contributed by atoms with van der Waals surface area (Å²) in [5, 5.41) is 10.2. The van der Waals surface area contributed by atoms with Crippen molar-refractivity contribution in [2.24, 2.45) is 17.8 Å². The Hall–Kier alpha value is -0.0400. The van der Waals surface area contributed by atoms with Gasteiger partial charge in [-0.1, -0.05) is 46.5 Å². The molecular formula is C16H32O. The second kappa shape index (κ2) is 8.13. The Balaban J connectivity index is 2.14. The number of rotatable bonds is 7.